The molecule has 5 nitrogen and oxygen atoms in total. The van der Waals surface area contributed by atoms with Crippen LogP contribution in [-0.4, -0.2) is 26.5 Å². The molecule has 2 aliphatic carbocycles. The summed E-state index contributed by atoms with van der Waals surface area (Å²) in [6.45, 7) is 2.27. The zero-order valence-corrected chi connectivity index (χ0v) is 11.6. The Labute approximate surface area is 117 Å². The van der Waals surface area contributed by atoms with Gasteiger partial charge in [0.2, 0.25) is 0 Å². The molecular weight excluding hydrogens is 252 g/mol. The summed E-state index contributed by atoms with van der Waals surface area (Å²) in [6, 6.07) is 0.357. The van der Waals surface area contributed by atoms with Crippen molar-refractivity contribution in [3.8, 4) is 0 Å². The van der Waals surface area contributed by atoms with Crippen molar-refractivity contribution in [3.05, 3.63) is 29.2 Å². The number of hydrogen-bond donors (Lipinski definition) is 1. The van der Waals surface area contributed by atoms with E-state index >= 15 is 0 Å². The predicted molar refractivity (Wildman–Crippen MR) is 74.7 cm³/mol. The van der Waals surface area contributed by atoms with Gasteiger partial charge in [-0.25, -0.2) is 9.50 Å². The van der Waals surface area contributed by atoms with E-state index < -0.39 is 0 Å². The topological polar surface area (TPSA) is 59.3 Å². The smallest absolute Gasteiger partial charge is 0.256 e. The van der Waals surface area contributed by atoms with Crippen LogP contribution in [-0.2, 0) is 12.8 Å². The summed E-state index contributed by atoms with van der Waals surface area (Å²) in [7, 11) is 0. The van der Waals surface area contributed by atoms with E-state index in [0.717, 1.165) is 25.7 Å². The van der Waals surface area contributed by atoms with Crippen LogP contribution in [0.15, 0.2) is 12.4 Å². The first-order valence-corrected chi connectivity index (χ1v) is 7.37. The van der Waals surface area contributed by atoms with Gasteiger partial charge < -0.3 is 5.32 Å². The highest BCUT2D eigenvalue weighted by Crippen LogP contribution is 2.26. The summed E-state index contributed by atoms with van der Waals surface area (Å²) in [5.41, 5.74) is 3.78. The number of aryl methyl sites for hydroxylation is 1. The summed E-state index contributed by atoms with van der Waals surface area (Å²) < 4.78 is 1.86. The lowest BCUT2D eigenvalue weighted by molar-refractivity contribution is 0.0952. The fraction of sp³-hybridized carbons (Fsp3) is 0.533. The number of aromatic nitrogens is 3. The average Bonchev–Trinajstić information content (AvgIpc) is 3.14. The summed E-state index contributed by atoms with van der Waals surface area (Å²) in [6.07, 6.45) is 9.00. The molecule has 1 atom stereocenters. The zero-order chi connectivity index (χ0) is 13.7. The minimum Gasteiger partial charge on any atom is -0.349 e. The third-order valence-electron chi connectivity index (χ3n) is 4.31. The Morgan fingerprint density at radius 2 is 2.20 bits per heavy atom. The second-order valence-electron chi connectivity index (χ2n) is 6.12. The van der Waals surface area contributed by atoms with E-state index in [4.69, 9.17) is 0 Å². The fourth-order valence-electron chi connectivity index (χ4n) is 2.96. The molecule has 0 saturated heterocycles. The van der Waals surface area contributed by atoms with Crippen molar-refractivity contribution in [1.82, 2.24) is 19.9 Å². The standard InChI is InChI=1S/C15H18N4O/c1-9-2-5-13-10(6-9)7-16-14-12(8-17-19(13)14)15(20)18-11-3-4-11/h7-9,11H,2-6H2,1H3,(H,18,20). The van der Waals surface area contributed by atoms with Gasteiger partial charge in [0.1, 0.15) is 5.56 Å². The van der Waals surface area contributed by atoms with Crippen LogP contribution >= 0.6 is 0 Å². The van der Waals surface area contributed by atoms with Gasteiger partial charge >= 0.3 is 0 Å². The van der Waals surface area contributed by atoms with E-state index in [1.54, 1.807) is 6.20 Å². The van der Waals surface area contributed by atoms with Crippen molar-refractivity contribution in [1.29, 1.82) is 0 Å². The van der Waals surface area contributed by atoms with Gasteiger partial charge in [0, 0.05) is 17.9 Å². The van der Waals surface area contributed by atoms with Crippen molar-refractivity contribution in [2.45, 2.75) is 45.1 Å². The Morgan fingerprint density at radius 1 is 1.35 bits per heavy atom. The number of nitrogens with zero attached hydrogens (tertiary/aromatic N) is 3. The highest BCUT2D eigenvalue weighted by atomic mass is 16.1. The van der Waals surface area contributed by atoms with Crippen molar-refractivity contribution >= 4 is 11.6 Å². The quantitative estimate of drug-likeness (QED) is 0.904. The van der Waals surface area contributed by atoms with Crippen molar-refractivity contribution in [2.75, 3.05) is 0 Å². The Hall–Kier alpha value is -1.91. The van der Waals surface area contributed by atoms with Crippen molar-refractivity contribution < 1.29 is 4.79 Å². The lowest BCUT2D eigenvalue weighted by atomic mass is 9.89. The van der Waals surface area contributed by atoms with Gasteiger partial charge in [0.05, 0.1) is 6.20 Å². The highest BCUT2D eigenvalue weighted by Gasteiger charge is 2.26. The molecular formula is C15H18N4O. The molecule has 1 unspecified atom stereocenters. The van der Waals surface area contributed by atoms with Crippen LogP contribution < -0.4 is 5.32 Å². The lowest BCUT2D eigenvalue weighted by Gasteiger charge is -2.21. The Balaban J connectivity index is 1.76. The summed E-state index contributed by atoms with van der Waals surface area (Å²) in [5.74, 6) is 0.661. The van der Waals surface area contributed by atoms with Crippen LogP contribution in [0.1, 0.15) is 47.8 Å². The molecule has 1 fully saturated rings. The third-order valence-corrected chi connectivity index (χ3v) is 4.31. The molecule has 1 amide bonds. The maximum atomic E-state index is 12.2. The first-order valence-electron chi connectivity index (χ1n) is 7.37. The molecule has 2 heterocycles. The zero-order valence-electron chi connectivity index (χ0n) is 11.6. The number of fused-ring (bicyclic) bond motifs is 3. The predicted octanol–water partition coefficient (Wildman–Crippen LogP) is 1.75. The molecule has 2 aromatic rings. The number of amides is 1. The van der Waals surface area contributed by atoms with Crippen molar-refractivity contribution in [3.63, 3.8) is 0 Å². The van der Waals surface area contributed by atoms with E-state index in [1.807, 2.05) is 10.7 Å². The molecule has 1 N–H and O–H groups in total. The summed E-state index contributed by atoms with van der Waals surface area (Å²) >= 11 is 0. The van der Waals surface area contributed by atoms with E-state index in [-0.39, 0.29) is 5.91 Å². The van der Waals surface area contributed by atoms with Crippen LogP contribution in [0.5, 0.6) is 0 Å². The molecule has 0 bridgehead atoms. The first kappa shape index (κ1) is 11.9. The molecule has 20 heavy (non-hydrogen) atoms. The lowest BCUT2D eigenvalue weighted by Crippen LogP contribution is -2.25. The molecule has 4 rings (SSSR count). The summed E-state index contributed by atoms with van der Waals surface area (Å²) in [4.78, 5) is 16.7. The molecule has 0 aromatic carbocycles. The minimum absolute atomic E-state index is 0.0425. The number of rotatable bonds is 2. The largest absolute Gasteiger partial charge is 0.349 e. The molecule has 1 saturated carbocycles. The maximum absolute atomic E-state index is 12.2. The van der Waals surface area contributed by atoms with Gasteiger partial charge in [0.25, 0.3) is 5.91 Å². The molecule has 2 aliphatic rings. The first-order chi connectivity index (χ1) is 9.72. The van der Waals surface area contributed by atoms with Gasteiger partial charge in [0.15, 0.2) is 5.65 Å². The molecule has 2 aromatic heterocycles. The van der Waals surface area contributed by atoms with Crippen LogP contribution in [0.2, 0.25) is 0 Å². The average molecular weight is 270 g/mol. The van der Waals surface area contributed by atoms with Crippen LogP contribution in [0.3, 0.4) is 0 Å². The molecule has 5 heteroatoms. The summed E-state index contributed by atoms with van der Waals surface area (Å²) in [5, 5.41) is 7.40. The normalized spacial score (nSPS) is 21.8. The number of carbonyl (C=O) groups is 1. The number of carbonyl (C=O) groups excluding carboxylic acids is 1. The van der Waals surface area contributed by atoms with E-state index in [2.05, 4.69) is 22.3 Å². The van der Waals surface area contributed by atoms with Crippen LogP contribution in [0.4, 0.5) is 0 Å². The molecule has 0 aliphatic heterocycles. The van der Waals surface area contributed by atoms with Gasteiger partial charge in [-0.15, -0.1) is 0 Å². The maximum Gasteiger partial charge on any atom is 0.256 e. The van der Waals surface area contributed by atoms with E-state index in [0.29, 0.717) is 23.2 Å². The van der Waals surface area contributed by atoms with Crippen molar-refractivity contribution in [2.24, 2.45) is 5.92 Å². The molecule has 0 radical (unpaired) electrons. The Kier molecular flexibility index (Phi) is 2.55. The Bertz CT molecular complexity index is 686. The monoisotopic (exact) mass is 270 g/mol. The minimum atomic E-state index is -0.0425. The SMILES string of the molecule is CC1CCc2c(cnc3c(C(=O)NC4CC4)cnn23)C1. The second-order valence-corrected chi connectivity index (χ2v) is 6.12. The van der Waals surface area contributed by atoms with Gasteiger partial charge in [-0.1, -0.05) is 6.92 Å². The fourth-order valence-corrected chi connectivity index (χ4v) is 2.96. The highest BCUT2D eigenvalue weighted by molar-refractivity contribution is 5.99. The van der Waals surface area contributed by atoms with Gasteiger partial charge in [-0.05, 0) is 43.6 Å². The number of hydrogen-bond acceptors (Lipinski definition) is 3. The van der Waals surface area contributed by atoms with Crippen LogP contribution in [0.25, 0.3) is 5.65 Å². The molecule has 0 spiro atoms. The Morgan fingerprint density at radius 3 is 3.00 bits per heavy atom. The van der Waals surface area contributed by atoms with E-state index in [1.165, 1.54) is 17.7 Å². The van der Waals surface area contributed by atoms with E-state index in [9.17, 15) is 4.79 Å². The van der Waals surface area contributed by atoms with Crippen LogP contribution in [0, 0.1) is 5.92 Å². The van der Waals surface area contributed by atoms with Gasteiger partial charge in [-0.2, -0.15) is 5.10 Å². The number of nitrogens with one attached hydrogen (secondary N) is 1. The van der Waals surface area contributed by atoms with Gasteiger partial charge in [-0.3, -0.25) is 4.79 Å². The molecule has 104 valence electrons. The third kappa shape index (κ3) is 1.88. The second kappa shape index (κ2) is 4.30.